The molecule has 0 unspecified atom stereocenters. The molecule has 0 amide bonds. The Hall–Kier alpha value is -2.96. The molecule has 4 aromatic rings. The molecule has 0 bridgehead atoms. The van der Waals surface area contributed by atoms with Crippen molar-refractivity contribution in [3.8, 4) is 5.75 Å². The fraction of sp³-hybridized carbons (Fsp3) is 0.269. The lowest BCUT2D eigenvalue weighted by Crippen LogP contribution is -2.28. The molecule has 0 N–H and O–H groups in total. The number of aryl methyl sites for hydroxylation is 1. The highest BCUT2D eigenvalue weighted by molar-refractivity contribution is 7.98. The fourth-order valence-corrected chi connectivity index (χ4v) is 5.56. The normalized spacial score (nSPS) is 13.8. The van der Waals surface area contributed by atoms with Crippen molar-refractivity contribution in [1.29, 1.82) is 0 Å². The van der Waals surface area contributed by atoms with Crippen molar-refractivity contribution < 1.29 is 14.3 Å². The van der Waals surface area contributed by atoms with E-state index >= 15 is 0 Å². The van der Waals surface area contributed by atoms with Gasteiger partial charge < -0.3 is 14.0 Å². The lowest BCUT2D eigenvalue weighted by Gasteiger charge is -2.28. The van der Waals surface area contributed by atoms with Crippen LogP contribution in [0.15, 0.2) is 59.5 Å². The molecule has 0 atom stereocenters. The van der Waals surface area contributed by atoms with Crippen molar-refractivity contribution in [2.45, 2.75) is 24.1 Å². The molecule has 0 aliphatic carbocycles. The number of carbonyl (C=O) groups is 1. The van der Waals surface area contributed by atoms with E-state index in [9.17, 15) is 4.79 Å². The molecule has 32 heavy (non-hydrogen) atoms. The van der Waals surface area contributed by atoms with E-state index in [1.807, 2.05) is 44.3 Å². The Labute approximate surface area is 191 Å². The van der Waals surface area contributed by atoms with E-state index < -0.39 is 0 Å². The van der Waals surface area contributed by atoms with Crippen molar-refractivity contribution in [2.75, 3.05) is 20.4 Å². The van der Waals surface area contributed by atoms with Crippen molar-refractivity contribution in [1.82, 2.24) is 9.47 Å². The molecule has 3 aromatic carbocycles. The molecule has 0 fully saturated rings. The van der Waals surface area contributed by atoms with E-state index in [1.165, 1.54) is 4.90 Å². The highest BCUT2D eigenvalue weighted by Crippen LogP contribution is 2.44. The number of benzene rings is 3. The lowest BCUT2D eigenvalue weighted by molar-refractivity contribution is 0.0527. The number of aromatic nitrogens is 1. The third-order valence-corrected chi connectivity index (χ3v) is 7.00. The Kier molecular flexibility index (Phi) is 5.57. The largest absolute Gasteiger partial charge is 0.477 e. The van der Waals surface area contributed by atoms with Gasteiger partial charge in [0, 0.05) is 51.7 Å². The van der Waals surface area contributed by atoms with Crippen molar-refractivity contribution in [3.63, 3.8) is 0 Å². The summed E-state index contributed by atoms with van der Waals surface area (Å²) >= 11 is 1.73. The smallest absolute Gasteiger partial charge is 0.340 e. The first-order valence-electron chi connectivity index (χ1n) is 10.8. The number of hydrogen-bond acceptors (Lipinski definition) is 5. The molecule has 1 aliphatic rings. The van der Waals surface area contributed by atoms with Crippen molar-refractivity contribution >= 4 is 39.4 Å². The van der Waals surface area contributed by atoms with Crippen LogP contribution in [0.3, 0.4) is 0 Å². The van der Waals surface area contributed by atoms with Crippen LogP contribution in [0.5, 0.6) is 5.75 Å². The number of carbonyl (C=O) groups excluding carboxylic acids is 1. The average Bonchev–Trinajstić information content (AvgIpc) is 3.11. The van der Waals surface area contributed by atoms with Crippen LogP contribution >= 0.6 is 11.8 Å². The van der Waals surface area contributed by atoms with Crippen LogP contribution in [-0.2, 0) is 24.1 Å². The second-order valence-corrected chi connectivity index (χ2v) is 9.12. The van der Waals surface area contributed by atoms with Crippen molar-refractivity contribution in [2.24, 2.45) is 7.05 Å². The molecule has 0 radical (unpaired) electrons. The Balaban J connectivity index is 1.80. The predicted molar refractivity (Wildman–Crippen MR) is 129 cm³/mol. The SMILES string of the molecule is CCOC(=O)c1c(CSc2ccccc2)n(C)c2c1c1c(c3ccccc32)OCN(C)C1. The van der Waals surface area contributed by atoms with Crippen LogP contribution in [-0.4, -0.2) is 35.8 Å². The minimum absolute atomic E-state index is 0.271. The molecule has 5 nitrogen and oxygen atoms in total. The standard InChI is InChI=1S/C26H26N2O3S/c1-4-30-26(29)23-21(15-32-17-10-6-5-7-11-17)28(3)24-18-12-8-9-13-19(18)25-20(22(23)24)14-27(2)16-31-25/h5-13H,4,14-16H2,1-3H3. The van der Waals surface area contributed by atoms with E-state index in [2.05, 4.69) is 40.8 Å². The zero-order valence-electron chi connectivity index (χ0n) is 18.6. The van der Waals surface area contributed by atoms with E-state index in [1.54, 1.807) is 11.8 Å². The van der Waals surface area contributed by atoms with E-state index in [0.29, 0.717) is 24.7 Å². The molecule has 164 valence electrons. The summed E-state index contributed by atoms with van der Waals surface area (Å²) in [6, 6.07) is 18.6. The van der Waals surface area contributed by atoms with Gasteiger partial charge in [-0.15, -0.1) is 11.8 Å². The van der Waals surface area contributed by atoms with Crippen LogP contribution in [0.4, 0.5) is 0 Å². The summed E-state index contributed by atoms with van der Waals surface area (Å²) in [5.74, 6) is 1.28. The highest BCUT2D eigenvalue weighted by Gasteiger charge is 2.30. The molecular formula is C26H26N2O3S. The minimum Gasteiger partial charge on any atom is -0.477 e. The van der Waals surface area contributed by atoms with E-state index in [0.717, 1.165) is 45.2 Å². The number of ether oxygens (including phenoxy) is 2. The molecule has 0 saturated carbocycles. The van der Waals surface area contributed by atoms with Gasteiger partial charge in [0.25, 0.3) is 0 Å². The quantitative estimate of drug-likeness (QED) is 0.296. The maximum atomic E-state index is 13.3. The van der Waals surface area contributed by atoms with Crippen LogP contribution in [0.2, 0.25) is 0 Å². The molecule has 2 heterocycles. The number of nitrogens with zero attached hydrogens (tertiary/aromatic N) is 2. The van der Waals surface area contributed by atoms with Crippen LogP contribution < -0.4 is 4.74 Å². The topological polar surface area (TPSA) is 43.7 Å². The number of esters is 1. The first-order chi connectivity index (χ1) is 15.6. The Morgan fingerprint density at radius 1 is 1.06 bits per heavy atom. The molecule has 1 aliphatic heterocycles. The Morgan fingerprint density at radius 2 is 1.78 bits per heavy atom. The molecule has 1 aromatic heterocycles. The van der Waals surface area contributed by atoms with Gasteiger partial charge in [-0.2, -0.15) is 0 Å². The zero-order valence-corrected chi connectivity index (χ0v) is 19.4. The van der Waals surface area contributed by atoms with Gasteiger partial charge in [-0.1, -0.05) is 42.5 Å². The summed E-state index contributed by atoms with van der Waals surface area (Å²) in [6.07, 6.45) is 0. The average molecular weight is 447 g/mol. The molecule has 0 spiro atoms. The van der Waals surface area contributed by atoms with E-state index in [4.69, 9.17) is 9.47 Å². The van der Waals surface area contributed by atoms with Gasteiger partial charge in [-0.05, 0) is 26.1 Å². The predicted octanol–water partition coefficient (Wildman–Crippen LogP) is 5.58. The molecule has 0 saturated heterocycles. The fourth-order valence-electron chi connectivity index (χ4n) is 4.57. The van der Waals surface area contributed by atoms with Gasteiger partial charge in [-0.3, -0.25) is 4.90 Å². The number of fused-ring (bicyclic) bond motifs is 6. The maximum Gasteiger partial charge on any atom is 0.340 e. The first kappa shape index (κ1) is 20.9. The summed E-state index contributed by atoms with van der Waals surface area (Å²) < 4.78 is 13.9. The number of hydrogen-bond donors (Lipinski definition) is 0. The lowest BCUT2D eigenvalue weighted by atomic mass is 9.96. The van der Waals surface area contributed by atoms with Gasteiger partial charge in [0.1, 0.15) is 12.5 Å². The first-order valence-corrected chi connectivity index (χ1v) is 11.8. The zero-order chi connectivity index (χ0) is 22.2. The van der Waals surface area contributed by atoms with Gasteiger partial charge in [0.15, 0.2) is 0 Å². The number of rotatable bonds is 5. The monoisotopic (exact) mass is 446 g/mol. The summed E-state index contributed by atoms with van der Waals surface area (Å²) in [5, 5.41) is 3.13. The summed E-state index contributed by atoms with van der Waals surface area (Å²) in [5.41, 5.74) is 3.75. The Morgan fingerprint density at radius 3 is 2.53 bits per heavy atom. The summed E-state index contributed by atoms with van der Waals surface area (Å²) in [4.78, 5) is 16.6. The molecule has 6 heteroatoms. The van der Waals surface area contributed by atoms with Gasteiger partial charge >= 0.3 is 5.97 Å². The van der Waals surface area contributed by atoms with Gasteiger partial charge in [-0.25, -0.2) is 4.79 Å². The summed E-state index contributed by atoms with van der Waals surface area (Å²) in [7, 11) is 4.08. The van der Waals surface area contributed by atoms with Crippen LogP contribution in [0.1, 0.15) is 28.5 Å². The van der Waals surface area contributed by atoms with Crippen molar-refractivity contribution in [3.05, 3.63) is 71.4 Å². The maximum absolute atomic E-state index is 13.3. The minimum atomic E-state index is -0.271. The molecule has 5 rings (SSSR count). The second kappa shape index (κ2) is 8.52. The molecular weight excluding hydrogens is 420 g/mol. The highest BCUT2D eigenvalue weighted by atomic mass is 32.2. The van der Waals surface area contributed by atoms with Crippen LogP contribution in [0.25, 0.3) is 21.7 Å². The van der Waals surface area contributed by atoms with Gasteiger partial charge in [0.2, 0.25) is 0 Å². The second-order valence-electron chi connectivity index (χ2n) is 8.07. The Bertz CT molecular complexity index is 1310. The summed E-state index contributed by atoms with van der Waals surface area (Å²) in [6.45, 7) is 3.44. The third-order valence-electron chi connectivity index (χ3n) is 5.97. The number of thioether (sulfide) groups is 1. The van der Waals surface area contributed by atoms with Gasteiger partial charge in [0.05, 0.1) is 17.7 Å². The van der Waals surface area contributed by atoms with E-state index in [-0.39, 0.29) is 5.97 Å². The van der Waals surface area contributed by atoms with Crippen LogP contribution in [0, 0.1) is 0 Å². The third kappa shape index (κ3) is 3.44.